The molecule has 0 amide bonds. The van der Waals surface area contributed by atoms with Crippen LogP contribution in [0.15, 0.2) is 18.2 Å². The molecule has 16 heavy (non-hydrogen) atoms. The zero-order valence-corrected chi connectivity index (χ0v) is 10.4. The van der Waals surface area contributed by atoms with Gasteiger partial charge in [-0.15, -0.1) is 0 Å². The molecule has 90 valence electrons. The number of nitrogens with two attached hydrogens (primary N) is 2. The van der Waals surface area contributed by atoms with Gasteiger partial charge in [-0.05, 0) is 36.1 Å². The lowest BCUT2D eigenvalue weighted by Crippen LogP contribution is -2.12. The average Bonchev–Trinajstić information content (AvgIpc) is 2.27. The molecule has 1 aromatic carbocycles. The molecule has 1 atom stereocenters. The van der Waals surface area contributed by atoms with E-state index in [4.69, 9.17) is 16.2 Å². The van der Waals surface area contributed by atoms with Gasteiger partial charge in [0, 0.05) is 11.7 Å². The maximum atomic E-state index is 5.98. The lowest BCUT2D eigenvalue weighted by Gasteiger charge is -2.15. The van der Waals surface area contributed by atoms with E-state index in [9.17, 15) is 0 Å². The number of rotatable bonds is 5. The molecule has 1 aromatic rings. The smallest absolute Gasteiger partial charge is 0.119 e. The molecule has 0 heterocycles. The Morgan fingerprint density at radius 3 is 2.56 bits per heavy atom. The van der Waals surface area contributed by atoms with Crippen LogP contribution in [-0.4, -0.2) is 6.61 Å². The Hall–Kier alpha value is -1.22. The van der Waals surface area contributed by atoms with Crippen molar-refractivity contribution in [2.24, 2.45) is 11.7 Å². The summed E-state index contributed by atoms with van der Waals surface area (Å²) in [5, 5.41) is 0. The number of anilines is 1. The fourth-order valence-electron chi connectivity index (χ4n) is 1.45. The van der Waals surface area contributed by atoms with Crippen LogP contribution in [0, 0.1) is 5.92 Å². The van der Waals surface area contributed by atoms with E-state index in [1.165, 1.54) is 0 Å². The lowest BCUT2D eigenvalue weighted by molar-refractivity contribution is 0.270. The maximum Gasteiger partial charge on any atom is 0.119 e. The third-order valence-electron chi connectivity index (χ3n) is 2.48. The second-order valence-corrected chi connectivity index (χ2v) is 4.51. The van der Waals surface area contributed by atoms with Gasteiger partial charge in [-0.1, -0.05) is 20.8 Å². The van der Waals surface area contributed by atoms with Crippen molar-refractivity contribution < 1.29 is 4.74 Å². The van der Waals surface area contributed by atoms with Crippen LogP contribution < -0.4 is 16.2 Å². The monoisotopic (exact) mass is 222 g/mol. The Morgan fingerprint density at radius 1 is 1.31 bits per heavy atom. The van der Waals surface area contributed by atoms with Crippen LogP contribution in [0.4, 0.5) is 5.69 Å². The van der Waals surface area contributed by atoms with Crippen molar-refractivity contribution in [1.82, 2.24) is 0 Å². The van der Waals surface area contributed by atoms with Gasteiger partial charge >= 0.3 is 0 Å². The topological polar surface area (TPSA) is 61.3 Å². The van der Waals surface area contributed by atoms with Gasteiger partial charge in [0.1, 0.15) is 5.75 Å². The second kappa shape index (κ2) is 5.75. The third kappa shape index (κ3) is 3.42. The van der Waals surface area contributed by atoms with Crippen LogP contribution in [0.1, 0.15) is 38.8 Å². The van der Waals surface area contributed by atoms with Gasteiger partial charge in [-0.25, -0.2) is 0 Å². The van der Waals surface area contributed by atoms with Crippen LogP contribution in [-0.2, 0) is 0 Å². The van der Waals surface area contributed by atoms with Crippen LogP contribution in [0.5, 0.6) is 5.75 Å². The number of hydrogen-bond acceptors (Lipinski definition) is 3. The third-order valence-corrected chi connectivity index (χ3v) is 2.48. The maximum absolute atomic E-state index is 5.98. The molecular weight excluding hydrogens is 200 g/mol. The molecule has 0 aliphatic rings. The molecule has 3 nitrogen and oxygen atoms in total. The van der Waals surface area contributed by atoms with Crippen molar-refractivity contribution in [2.45, 2.75) is 33.2 Å². The number of benzene rings is 1. The van der Waals surface area contributed by atoms with Crippen molar-refractivity contribution in [1.29, 1.82) is 0 Å². The molecule has 0 radical (unpaired) electrons. The van der Waals surface area contributed by atoms with Gasteiger partial charge in [-0.3, -0.25) is 0 Å². The molecule has 0 saturated carbocycles. The standard InChI is InChI=1S/C13H22N2O/c1-4-12(14)11-7-10(5-6-13(11)15)16-8-9(2)3/h5-7,9,12H,4,8,14-15H2,1-3H3. The van der Waals surface area contributed by atoms with Crippen molar-refractivity contribution in [2.75, 3.05) is 12.3 Å². The van der Waals surface area contributed by atoms with E-state index >= 15 is 0 Å². The minimum Gasteiger partial charge on any atom is -0.493 e. The van der Waals surface area contributed by atoms with Gasteiger partial charge in [0.25, 0.3) is 0 Å². The summed E-state index contributed by atoms with van der Waals surface area (Å²) < 4.78 is 5.65. The van der Waals surface area contributed by atoms with Gasteiger partial charge in [0.05, 0.1) is 6.61 Å². The summed E-state index contributed by atoms with van der Waals surface area (Å²) in [7, 11) is 0. The Balaban J connectivity index is 2.81. The first kappa shape index (κ1) is 12.8. The molecule has 0 saturated heterocycles. The molecule has 0 aliphatic carbocycles. The predicted octanol–water partition coefficient (Wildman–Crippen LogP) is 2.71. The molecule has 0 aliphatic heterocycles. The molecule has 3 heteroatoms. The van der Waals surface area contributed by atoms with Crippen LogP contribution in [0.3, 0.4) is 0 Å². The Bertz CT molecular complexity index is 337. The molecule has 0 spiro atoms. The average molecular weight is 222 g/mol. The fraction of sp³-hybridized carbons (Fsp3) is 0.538. The van der Waals surface area contributed by atoms with Crippen LogP contribution in [0.25, 0.3) is 0 Å². The predicted molar refractivity (Wildman–Crippen MR) is 68.4 cm³/mol. The number of hydrogen-bond donors (Lipinski definition) is 2. The quantitative estimate of drug-likeness (QED) is 0.753. The Kier molecular flexibility index (Phi) is 4.62. The summed E-state index contributed by atoms with van der Waals surface area (Å²) in [5.41, 5.74) is 13.6. The van der Waals surface area contributed by atoms with Gasteiger partial charge in [0.15, 0.2) is 0 Å². The first-order chi connectivity index (χ1) is 7.54. The van der Waals surface area contributed by atoms with Crippen molar-refractivity contribution in [3.63, 3.8) is 0 Å². The summed E-state index contributed by atoms with van der Waals surface area (Å²) in [6.07, 6.45) is 0.873. The second-order valence-electron chi connectivity index (χ2n) is 4.51. The summed E-state index contributed by atoms with van der Waals surface area (Å²) in [6.45, 7) is 7.00. The number of nitrogen functional groups attached to an aromatic ring is 1. The SMILES string of the molecule is CCC(N)c1cc(OCC(C)C)ccc1N. The van der Waals surface area contributed by atoms with E-state index in [1.807, 2.05) is 25.1 Å². The normalized spacial score (nSPS) is 12.8. The van der Waals surface area contributed by atoms with E-state index in [2.05, 4.69) is 13.8 Å². The van der Waals surface area contributed by atoms with Gasteiger partial charge < -0.3 is 16.2 Å². The Morgan fingerprint density at radius 2 is 2.00 bits per heavy atom. The largest absolute Gasteiger partial charge is 0.493 e. The minimum atomic E-state index is -0.0115. The molecular formula is C13H22N2O. The van der Waals surface area contributed by atoms with Crippen molar-refractivity contribution >= 4 is 5.69 Å². The highest BCUT2D eigenvalue weighted by atomic mass is 16.5. The van der Waals surface area contributed by atoms with E-state index in [0.717, 1.165) is 23.4 Å². The molecule has 0 aromatic heterocycles. The fourth-order valence-corrected chi connectivity index (χ4v) is 1.45. The van der Waals surface area contributed by atoms with Gasteiger partial charge in [-0.2, -0.15) is 0 Å². The number of ether oxygens (including phenoxy) is 1. The van der Waals surface area contributed by atoms with Crippen molar-refractivity contribution in [3.05, 3.63) is 23.8 Å². The highest BCUT2D eigenvalue weighted by Gasteiger charge is 2.09. The van der Waals surface area contributed by atoms with Crippen molar-refractivity contribution in [3.8, 4) is 5.75 Å². The minimum absolute atomic E-state index is 0.0115. The van der Waals surface area contributed by atoms with E-state index in [0.29, 0.717) is 12.5 Å². The first-order valence-corrected chi connectivity index (χ1v) is 5.82. The summed E-state index contributed by atoms with van der Waals surface area (Å²) in [6, 6.07) is 5.69. The Labute approximate surface area is 97.8 Å². The van der Waals surface area contributed by atoms with Crippen LogP contribution in [0.2, 0.25) is 0 Å². The molecule has 0 fully saturated rings. The lowest BCUT2D eigenvalue weighted by atomic mass is 10.0. The van der Waals surface area contributed by atoms with Gasteiger partial charge in [0.2, 0.25) is 0 Å². The molecule has 1 unspecified atom stereocenters. The van der Waals surface area contributed by atoms with E-state index < -0.39 is 0 Å². The summed E-state index contributed by atoms with van der Waals surface area (Å²) in [4.78, 5) is 0. The zero-order chi connectivity index (χ0) is 12.1. The molecule has 1 rings (SSSR count). The van der Waals surface area contributed by atoms with E-state index in [1.54, 1.807) is 0 Å². The van der Waals surface area contributed by atoms with E-state index in [-0.39, 0.29) is 6.04 Å². The summed E-state index contributed by atoms with van der Waals surface area (Å²) in [5.74, 6) is 1.36. The highest BCUT2D eigenvalue weighted by Crippen LogP contribution is 2.26. The van der Waals surface area contributed by atoms with Crippen LogP contribution >= 0.6 is 0 Å². The summed E-state index contributed by atoms with van der Waals surface area (Å²) >= 11 is 0. The highest BCUT2D eigenvalue weighted by molar-refractivity contribution is 5.51. The molecule has 0 bridgehead atoms. The first-order valence-electron chi connectivity index (χ1n) is 5.82. The zero-order valence-electron chi connectivity index (χ0n) is 10.4. The molecule has 4 N–H and O–H groups in total.